The maximum absolute atomic E-state index is 5.99. The summed E-state index contributed by atoms with van der Waals surface area (Å²) in [7, 11) is -5.04. The van der Waals surface area contributed by atoms with Crippen molar-refractivity contribution in [2.24, 2.45) is 0 Å². The molecule has 19 heavy (non-hydrogen) atoms. The highest BCUT2D eigenvalue weighted by molar-refractivity contribution is 6.71. The monoisotopic (exact) mass is 318 g/mol. The quantitative estimate of drug-likeness (QED) is 0.380. The van der Waals surface area contributed by atoms with Crippen LogP contribution in [0.1, 0.15) is 0 Å². The molecule has 0 saturated carbocycles. The van der Waals surface area contributed by atoms with Crippen molar-refractivity contribution in [3.8, 4) is 0 Å². The number of hydrogen-bond donors (Lipinski definition) is 0. The minimum Gasteiger partial charge on any atom is -0.545 e. The van der Waals surface area contributed by atoms with Crippen molar-refractivity contribution in [3.05, 3.63) is 24.4 Å². The molecule has 0 fully saturated rings. The van der Waals surface area contributed by atoms with Gasteiger partial charge in [-0.15, -0.1) is 0 Å². The Labute approximate surface area is 122 Å². The molecular formula is C13H30O3Si3. The van der Waals surface area contributed by atoms with Crippen LogP contribution in [0.25, 0.3) is 0 Å². The van der Waals surface area contributed by atoms with E-state index in [2.05, 4.69) is 65.5 Å². The van der Waals surface area contributed by atoms with E-state index in [0.717, 1.165) is 0 Å². The van der Waals surface area contributed by atoms with Gasteiger partial charge in [0.1, 0.15) is 5.76 Å². The number of allylic oxidation sites excluding steroid dienone is 1. The van der Waals surface area contributed by atoms with E-state index < -0.39 is 25.0 Å². The standard InChI is InChI=1S/C13H30O3Si3/c1-12(14-17(2,3)4)11-13(15-18(5,6)7)16-19(8,9)10/h11H,1H2,2-10H3. The second-order valence-electron chi connectivity index (χ2n) is 7.57. The van der Waals surface area contributed by atoms with Crippen LogP contribution in [-0.4, -0.2) is 25.0 Å². The Kier molecular flexibility index (Phi) is 6.16. The molecule has 0 aliphatic rings. The van der Waals surface area contributed by atoms with Crippen LogP contribution < -0.4 is 0 Å². The molecule has 0 spiro atoms. The Morgan fingerprint density at radius 3 is 1.26 bits per heavy atom. The highest BCUT2D eigenvalue weighted by Gasteiger charge is 2.25. The van der Waals surface area contributed by atoms with Gasteiger partial charge in [-0.25, -0.2) is 0 Å². The molecule has 0 aliphatic carbocycles. The minimum absolute atomic E-state index is 0.571. The number of rotatable bonds is 7. The van der Waals surface area contributed by atoms with Crippen LogP contribution in [0.4, 0.5) is 0 Å². The predicted molar refractivity (Wildman–Crippen MR) is 90.5 cm³/mol. The van der Waals surface area contributed by atoms with Crippen LogP contribution in [0.5, 0.6) is 0 Å². The Hall–Kier alpha value is -0.469. The van der Waals surface area contributed by atoms with Crippen LogP contribution in [-0.2, 0) is 13.3 Å². The zero-order valence-electron chi connectivity index (χ0n) is 14.0. The van der Waals surface area contributed by atoms with Gasteiger partial charge in [0.05, 0.1) is 6.08 Å². The van der Waals surface area contributed by atoms with Gasteiger partial charge in [-0.3, -0.25) is 0 Å². The van der Waals surface area contributed by atoms with E-state index in [1.807, 2.05) is 0 Å². The summed E-state index contributed by atoms with van der Waals surface area (Å²) in [5.41, 5.74) is 0. The zero-order chi connectivity index (χ0) is 15.5. The Bertz CT molecular complexity index is 326. The van der Waals surface area contributed by atoms with E-state index in [0.29, 0.717) is 11.7 Å². The summed E-state index contributed by atoms with van der Waals surface area (Å²) in [6.45, 7) is 23.1. The van der Waals surface area contributed by atoms with Crippen LogP contribution >= 0.6 is 0 Å². The minimum atomic E-state index is -1.70. The van der Waals surface area contributed by atoms with E-state index in [1.165, 1.54) is 0 Å². The lowest BCUT2D eigenvalue weighted by Crippen LogP contribution is -2.32. The molecule has 0 heterocycles. The van der Waals surface area contributed by atoms with Gasteiger partial charge in [-0.2, -0.15) is 0 Å². The third kappa shape index (κ3) is 12.3. The highest BCUT2D eigenvalue weighted by Crippen LogP contribution is 2.20. The van der Waals surface area contributed by atoms with E-state index in [4.69, 9.17) is 13.3 Å². The van der Waals surface area contributed by atoms with Crippen molar-refractivity contribution in [1.82, 2.24) is 0 Å². The molecule has 0 amide bonds. The van der Waals surface area contributed by atoms with Gasteiger partial charge in [-0.05, 0) is 58.9 Å². The second-order valence-corrected chi connectivity index (χ2v) is 20.9. The molecular weight excluding hydrogens is 288 g/mol. The average molecular weight is 319 g/mol. The molecule has 0 N–H and O–H groups in total. The molecule has 0 atom stereocenters. The summed E-state index contributed by atoms with van der Waals surface area (Å²) in [5, 5.41) is 0. The molecule has 6 heteroatoms. The maximum atomic E-state index is 5.99. The van der Waals surface area contributed by atoms with Gasteiger partial charge in [-0.1, -0.05) is 6.58 Å². The Morgan fingerprint density at radius 1 is 0.684 bits per heavy atom. The van der Waals surface area contributed by atoms with Gasteiger partial charge in [0, 0.05) is 0 Å². The van der Waals surface area contributed by atoms with Gasteiger partial charge in [0.25, 0.3) is 5.95 Å². The molecule has 0 aliphatic heterocycles. The third-order valence-electron chi connectivity index (χ3n) is 1.53. The molecule has 0 saturated heterocycles. The molecule has 0 aromatic carbocycles. The first-order valence-electron chi connectivity index (χ1n) is 6.66. The second kappa shape index (κ2) is 6.32. The maximum Gasteiger partial charge on any atom is 0.255 e. The Balaban J connectivity index is 4.97. The highest BCUT2D eigenvalue weighted by atomic mass is 28.4. The van der Waals surface area contributed by atoms with Crippen molar-refractivity contribution in [1.29, 1.82) is 0 Å². The van der Waals surface area contributed by atoms with Crippen LogP contribution in [0.3, 0.4) is 0 Å². The van der Waals surface area contributed by atoms with Crippen molar-refractivity contribution in [3.63, 3.8) is 0 Å². The van der Waals surface area contributed by atoms with Crippen LogP contribution in [0.2, 0.25) is 58.9 Å². The van der Waals surface area contributed by atoms with Gasteiger partial charge < -0.3 is 13.3 Å². The van der Waals surface area contributed by atoms with Gasteiger partial charge in [0.2, 0.25) is 25.0 Å². The lowest BCUT2D eigenvalue weighted by atomic mass is 10.5. The molecule has 0 unspecified atom stereocenters. The summed E-state index contributed by atoms with van der Waals surface area (Å²) >= 11 is 0. The van der Waals surface area contributed by atoms with Gasteiger partial charge in [0.15, 0.2) is 0 Å². The fraction of sp³-hybridized carbons (Fsp3) is 0.692. The average Bonchev–Trinajstić information content (AvgIpc) is 1.90. The first kappa shape index (κ1) is 18.5. The first-order valence-corrected chi connectivity index (χ1v) is 16.9. The molecule has 0 aromatic rings. The summed E-state index contributed by atoms with van der Waals surface area (Å²) in [6, 6.07) is 0. The molecule has 112 valence electrons. The molecule has 0 radical (unpaired) electrons. The summed E-state index contributed by atoms with van der Waals surface area (Å²) in [5.74, 6) is 1.20. The van der Waals surface area contributed by atoms with Crippen LogP contribution in [0.15, 0.2) is 24.4 Å². The topological polar surface area (TPSA) is 27.7 Å². The fourth-order valence-electron chi connectivity index (χ4n) is 1.24. The summed E-state index contributed by atoms with van der Waals surface area (Å²) in [6.07, 6.45) is 1.80. The largest absolute Gasteiger partial charge is 0.545 e. The van der Waals surface area contributed by atoms with Gasteiger partial charge >= 0.3 is 0 Å². The zero-order valence-corrected chi connectivity index (χ0v) is 17.0. The lowest BCUT2D eigenvalue weighted by molar-refractivity contribution is 0.214. The SMILES string of the molecule is C=C(C=C(O[Si](C)(C)C)O[Si](C)(C)C)O[Si](C)(C)C. The van der Waals surface area contributed by atoms with E-state index in [-0.39, 0.29) is 0 Å². The molecule has 0 aromatic heterocycles. The normalized spacial score (nSPS) is 12.7. The third-order valence-corrected chi connectivity index (χ3v) is 4.03. The molecule has 0 rings (SSSR count). The fourth-order valence-corrected chi connectivity index (χ4v) is 3.57. The lowest BCUT2D eigenvalue weighted by Gasteiger charge is -2.28. The number of hydrogen-bond acceptors (Lipinski definition) is 3. The van der Waals surface area contributed by atoms with E-state index >= 15 is 0 Å². The summed E-state index contributed by atoms with van der Waals surface area (Å²) in [4.78, 5) is 0. The first-order chi connectivity index (χ1) is 8.18. The van der Waals surface area contributed by atoms with Crippen LogP contribution in [0, 0.1) is 0 Å². The van der Waals surface area contributed by atoms with Crippen molar-refractivity contribution >= 4 is 25.0 Å². The van der Waals surface area contributed by atoms with Crippen molar-refractivity contribution in [2.45, 2.75) is 58.9 Å². The van der Waals surface area contributed by atoms with Crippen molar-refractivity contribution < 1.29 is 13.3 Å². The smallest absolute Gasteiger partial charge is 0.255 e. The Morgan fingerprint density at radius 2 is 1.00 bits per heavy atom. The van der Waals surface area contributed by atoms with Crippen molar-refractivity contribution in [2.75, 3.05) is 0 Å². The molecule has 0 bridgehead atoms. The predicted octanol–water partition coefficient (Wildman–Crippen LogP) is 4.90. The van der Waals surface area contributed by atoms with E-state index in [1.54, 1.807) is 6.08 Å². The van der Waals surface area contributed by atoms with E-state index in [9.17, 15) is 0 Å². The molecule has 3 nitrogen and oxygen atoms in total. The summed E-state index contributed by atoms with van der Waals surface area (Å²) < 4.78 is 17.8.